The van der Waals surface area contributed by atoms with Crippen LogP contribution in [0, 0.1) is 5.41 Å². The minimum atomic E-state index is -0.236. The summed E-state index contributed by atoms with van der Waals surface area (Å²) >= 11 is 0. The van der Waals surface area contributed by atoms with Crippen molar-refractivity contribution < 1.29 is 9.53 Å². The summed E-state index contributed by atoms with van der Waals surface area (Å²) in [4.78, 5) is 12.7. The smallest absolute Gasteiger partial charge is 0.338 e. The van der Waals surface area contributed by atoms with E-state index in [-0.39, 0.29) is 17.0 Å². The first-order valence-corrected chi connectivity index (χ1v) is 9.67. The average Bonchev–Trinajstić information content (AvgIpc) is 2.61. The zero-order valence-corrected chi connectivity index (χ0v) is 16.2. The van der Waals surface area contributed by atoms with E-state index in [1.54, 1.807) is 0 Å². The molecule has 1 fully saturated rings. The minimum absolute atomic E-state index is 0.151. The van der Waals surface area contributed by atoms with E-state index in [1.165, 1.54) is 24.8 Å². The standard InChI is InChI=1S/C22H34O2/c1-6-21(4,5)17(3)18-12-11-13-19(16-18)20(23)24-22(7-2)14-9-8-10-15-22/h11-13,16-17H,6-10,14-15H2,1-5H3. The predicted molar refractivity (Wildman–Crippen MR) is 100 cm³/mol. The first-order chi connectivity index (χ1) is 11.3. The molecule has 1 saturated carbocycles. The Kier molecular flexibility index (Phi) is 6.11. The van der Waals surface area contributed by atoms with Gasteiger partial charge in [0.05, 0.1) is 5.56 Å². The topological polar surface area (TPSA) is 26.3 Å². The predicted octanol–water partition coefficient (Wildman–Crippen LogP) is 6.50. The molecule has 0 radical (unpaired) electrons. The number of carbonyl (C=O) groups excluding carboxylic acids is 1. The molecule has 0 bridgehead atoms. The van der Waals surface area contributed by atoms with Gasteiger partial charge in [-0.3, -0.25) is 0 Å². The monoisotopic (exact) mass is 330 g/mol. The van der Waals surface area contributed by atoms with Crippen molar-refractivity contribution in [1.82, 2.24) is 0 Å². The zero-order valence-electron chi connectivity index (χ0n) is 16.2. The Balaban J connectivity index is 2.17. The molecule has 1 unspecified atom stereocenters. The summed E-state index contributed by atoms with van der Waals surface area (Å²) in [5.74, 6) is 0.257. The van der Waals surface area contributed by atoms with Crippen LogP contribution in [-0.4, -0.2) is 11.6 Å². The van der Waals surface area contributed by atoms with Crippen LogP contribution in [0.25, 0.3) is 0 Å². The maximum atomic E-state index is 12.7. The van der Waals surface area contributed by atoms with Crippen LogP contribution in [0.2, 0.25) is 0 Å². The highest BCUT2D eigenvalue weighted by Crippen LogP contribution is 2.38. The van der Waals surface area contributed by atoms with Crippen LogP contribution in [0.1, 0.15) is 101 Å². The third-order valence-electron chi connectivity index (χ3n) is 6.42. The molecule has 1 aliphatic rings. The van der Waals surface area contributed by atoms with Crippen LogP contribution in [0.4, 0.5) is 0 Å². The molecular weight excluding hydrogens is 296 g/mol. The molecule has 0 saturated heterocycles. The molecule has 0 amide bonds. The van der Waals surface area contributed by atoms with E-state index in [0.29, 0.717) is 11.5 Å². The molecule has 24 heavy (non-hydrogen) atoms. The van der Waals surface area contributed by atoms with Crippen molar-refractivity contribution in [3.8, 4) is 0 Å². The van der Waals surface area contributed by atoms with Crippen molar-refractivity contribution in [2.45, 2.75) is 91.1 Å². The summed E-state index contributed by atoms with van der Waals surface area (Å²) in [5, 5.41) is 0. The van der Waals surface area contributed by atoms with E-state index in [2.05, 4.69) is 40.7 Å². The van der Waals surface area contributed by atoms with E-state index < -0.39 is 0 Å². The van der Waals surface area contributed by atoms with Crippen molar-refractivity contribution in [2.75, 3.05) is 0 Å². The van der Waals surface area contributed by atoms with Gasteiger partial charge in [-0.2, -0.15) is 0 Å². The number of ether oxygens (including phenoxy) is 1. The minimum Gasteiger partial charge on any atom is -0.455 e. The second kappa shape index (κ2) is 7.72. The molecule has 1 aromatic carbocycles. The van der Waals surface area contributed by atoms with Crippen LogP contribution >= 0.6 is 0 Å². The van der Waals surface area contributed by atoms with E-state index >= 15 is 0 Å². The van der Waals surface area contributed by atoms with Crippen molar-refractivity contribution >= 4 is 5.97 Å². The van der Waals surface area contributed by atoms with Gasteiger partial charge < -0.3 is 4.74 Å². The fourth-order valence-corrected chi connectivity index (χ4v) is 3.67. The molecule has 134 valence electrons. The van der Waals surface area contributed by atoms with Crippen LogP contribution in [-0.2, 0) is 4.74 Å². The van der Waals surface area contributed by atoms with Gasteiger partial charge in [-0.25, -0.2) is 4.79 Å². The van der Waals surface area contributed by atoms with Gasteiger partial charge in [0.1, 0.15) is 5.60 Å². The molecule has 0 spiro atoms. The lowest BCUT2D eigenvalue weighted by Crippen LogP contribution is -2.36. The lowest BCUT2D eigenvalue weighted by atomic mass is 9.74. The summed E-state index contributed by atoms with van der Waals surface area (Å²) in [7, 11) is 0. The highest BCUT2D eigenvalue weighted by atomic mass is 16.6. The quantitative estimate of drug-likeness (QED) is 0.557. The summed E-state index contributed by atoms with van der Waals surface area (Å²) < 4.78 is 6.02. The van der Waals surface area contributed by atoms with E-state index in [9.17, 15) is 4.79 Å². The first kappa shape index (κ1) is 19.0. The van der Waals surface area contributed by atoms with E-state index in [0.717, 1.165) is 25.7 Å². The third kappa shape index (κ3) is 4.20. The highest BCUT2D eigenvalue weighted by molar-refractivity contribution is 5.90. The Morgan fingerprint density at radius 1 is 1.21 bits per heavy atom. The van der Waals surface area contributed by atoms with Gasteiger partial charge in [-0.1, -0.05) is 59.6 Å². The SMILES string of the molecule is CCC1(OC(=O)c2cccc(C(C)C(C)(C)CC)c2)CCCCC1. The van der Waals surface area contributed by atoms with Gasteiger partial charge in [0.25, 0.3) is 0 Å². The van der Waals surface area contributed by atoms with Gasteiger partial charge in [0, 0.05) is 0 Å². The number of carbonyl (C=O) groups is 1. The Hall–Kier alpha value is -1.31. The maximum Gasteiger partial charge on any atom is 0.338 e. The van der Waals surface area contributed by atoms with Gasteiger partial charge in [-0.15, -0.1) is 0 Å². The zero-order chi connectivity index (χ0) is 17.8. The molecule has 2 rings (SSSR count). The molecular formula is C22H34O2. The van der Waals surface area contributed by atoms with Gasteiger partial charge in [0.2, 0.25) is 0 Å². The fourth-order valence-electron chi connectivity index (χ4n) is 3.67. The molecule has 0 heterocycles. The molecule has 2 heteroatoms. The molecule has 0 aromatic heterocycles. The molecule has 0 aliphatic heterocycles. The number of rotatable bonds is 6. The second-order valence-corrected chi connectivity index (χ2v) is 8.18. The van der Waals surface area contributed by atoms with Crippen LogP contribution in [0.3, 0.4) is 0 Å². The van der Waals surface area contributed by atoms with E-state index in [4.69, 9.17) is 4.74 Å². The van der Waals surface area contributed by atoms with Gasteiger partial charge in [0.15, 0.2) is 0 Å². The number of hydrogen-bond acceptors (Lipinski definition) is 2. The largest absolute Gasteiger partial charge is 0.455 e. The fraction of sp³-hybridized carbons (Fsp3) is 0.682. The Morgan fingerprint density at radius 2 is 1.88 bits per heavy atom. The number of benzene rings is 1. The van der Waals surface area contributed by atoms with Crippen molar-refractivity contribution in [3.05, 3.63) is 35.4 Å². The van der Waals surface area contributed by atoms with Gasteiger partial charge >= 0.3 is 5.97 Å². The van der Waals surface area contributed by atoms with Crippen LogP contribution in [0.15, 0.2) is 24.3 Å². The average molecular weight is 331 g/mol. The molecule has 1 aliphatic carbocycles. The molecule has 2 nitrogen and oxygen atoms in total. The molecule has 1 aromatic rings. The number of esters is 1. The van der Waals surface area contributed by atoms with Crippen LogP contribution in [0.5, 0.6) is 0 Å². The lowest BCUT2D eigenvalue weighted by Gasteiger charge is -2.36. The van der Waals surface area contributed by atoms with E-state index in [1.807, 2.05) is 18.2 Å². The Morgan fingerprint density at radius 3 is 2.46 bits per heavy atom. The first-order valence-electron chi connectivity index (χ1n) is 9.67. The Labute approximate surface area is 148 Å². The summed E-state index contributed by atoms with van der Waals surface area (Å²) in [6.45, 7) is 11.2. The summed E-state index contributed by atoms with van der Waals surface area (Å²) in [6.07, 6.45) is 7.64. The molecule has 0 N–H and O–H groups in total. The summed E-state index contributed by atoms with van der Waals surface area (Å²) in [6, 6.07) is 8.06. The van der Waals surface area contributed by atoms with Crippen molar-refractivity contribution in [2.24, 2.45) is 5.41 Å². The number of hydrogen-bond donors (Lipinski definition) is 0. The highest BCUT2D eigenvalue weighted by Gasteiger charge is 2.34. The van der Waals surface area contributed by atoms with Crippen molar-refractivity contribution in [3.63, 3.8) is 0 Å². The lowest BCUT2D eigenvalue weighted by molar-refractivity contribution is -0.0397. The van der Waals surface area contributed by atoms with Crippen LogP contribution < -0.4 is 0 Å². The Bertz CT molecular complexity index is 553. The van der Waals surface area contributed by atoms with Crippen molar-refractivity contribution in [1.29, 1.82) is 0 Å². The molecule has 1 atom stereocenters. The normalized spacial score (nSPS) is 18.9. The second-order valence-electron chi connectivity index (χ2n) is 8.18. The maximum absolute atomic E-state index is 12.7. The summed E-state index contributed by atoms with van der Waals surface area (Å²) in [5.41, 5.74) is 1.91. The third-order valence-corrected chi connectivity index (χ3v) is 6.42. The van der Waals surface area contributed by atoms with Gasteiger partial charge in [-0.05, 0) is 61.1 Å².